The fourth-order valence-electron chi connectivity index (χ4n) is 4.14. The largest absolute Gasteiger partial charge is 0.497 e. The summed E-state index contributed by atoms with van der Waals surface area (Å²) in [6.07, 6.45) is 5.87. The molecule has 0 bridgehead atoms. The Morgan fingerprint density at radius 1 is 0.970 bits per heavy atom. The van der Waals surface area contributed by atoms with E-state index in [1.54, 1.807) is 19.2 Å². The van der Waals surface area contributed by atoms with Crippen LogP contribution in [0.2, 0.25) is 0 Å². The number of carboxylic acids is 1. The maximum atomic E-state index is 14.7. The summed E-state index contributed by atoms with van der Waals surface area (Å²) in [5, 5.41) is 8.90. The molecule has 3 aromatic carbocycles. The molecule has 1 N–H and O–H groups in total. The molecule has 0 aliphatic heterocycles. The van der Waals surface area contributed by atoms with Crippen LogP contribution in [-0.2, 0) is 17.8 Å². The Morgan fingerprint density at radius 2 is 1.85 bits per heavy atom. The van der Waals surface area contributed by atoms with Gasteiger partial charge in [-0.15, -0.1) is 0 Å². The van der Waals surface area contributed by atoms with Crippen molar-refractivity contribution in [3.05, 3.63) is 89.2 Å². The summed E-state index contributed by atoms with van der Waals surface area (Å²) < 4.78 is 26.1. The highest BCUT2D eigenvalue weighted by Gasteiger charge is 2.17. The number of aryl methyl sites for hydroxylation is 1. The monoisotopic (exact) mass is 446 g/mol. The van der Waals surface area contributed by atoms with Gasteiger partial charge in [0.15, 0.2) is 0 Å². The van der Waals surface area contributed by atoms with Gasteiger partial charge < -0.3 is 14.6 Å². The lowest BCUT2D eigenvalue weighted by Gasteiger charge is -2.15. The molecule has 33 heavy (non-hydrogen) atoms. The number of carbonyl (C=O) groups is 1. The van der Waals surface area contributed by atoms with Crippen molar-refractivity contribution in [3.63, 3.8) is 0 Å². The summed E-state index contributed by atoms with van der Waals surface area (Å²) in [5.41, 5.74) is 5.53. The van der Waals surface area contributed by atoms with Crippen LogP contribution in [-0.4, -0.2) is 18.2 Å². The van der Waals surface area contributed by atoms with E-state index in [1.807, 2.05) is 36.4 Å². The Bertz CT molecular complexity index is 1180. The molecule has 4 rings (SSSR count). The average molecular weight is 447 g/mol. The van der Waals surface area contributed by atoms with Gasteiger partial charge in [-0.3, -0.25) is 4.79 Å². The lowest BCUT2D eigenvalue weighted by molar-refractivity contribution is -0.136. The second-order valence-corrected chi connectivity index (χ2v) is 8.18. The van der Waals surface area contributed by atoms with Crippen LogP contribution < -0.4 is 9.47 Å². The van der Waals surface area contributed by atoms with Crippen molar-refractivity contribution in [3.8, 4) is 22.6 Å². The minimum absolute atomic E-state index is 0.0875. The molecule has 0 unspecified atom stereocenters. The molecule has 0 atom stereocenters. The second kappa shape index (κ2) is 10.3. The van der Waals surface area contributed by atoms with Gasteiger partial charge >= 0.3 is 5.97 Å². The molecule has 170 valence electrons. The lowest BCUT2D eigenvalue weighted by atomic mass is 9.92. The van der Waals surface area contributed by atoms with Crippen molar-refractivity contribution in [1.82, 2.24) is 0 Å². The SMILES string of the molecule is COc1ccc(F)c(-c2ccc(COc3cccc(CCC(=O)O)c3)cc2C2=CCCC2)c1. The van der Waals surface area contributed by atoms with Crippen LogP contribution in [0.15, 0.2) is 66.7 Å². The number of benzene rings is 3. The maximum absolute atomic E-state index is 14.7. The van der Waals surface area contributed by atoms with Crippen LogP contribution in [0, 0.1) is 5.82 Å². The van der Waals surface area contributed by atoms with Gasteiger partial charge in [-0.25, -0.2) is 4.39 Å². The quantitative estimate of drug-likeness (QED) is 0.399. The van der Waals surface area contributed by atoms with Crippen LogP contribution in [0.5, 0.6) is 11.5 Å². The number of ether oxygens (including phenoxy) is 2. The first-order valence-electron chi connectivity index (χ1n) is 11.1. The second-order valence-electron chi connectivity index (χ2n) is 8.18. The molecule has 0 saturated carbocycles. The first-order valence-corrected chi connectivity index (χ1v) is 11.1. The van der Waals surface area contributed by atoms with Crippen molar-refractivity contribution in [2.24, 2.45) is 0 Å². The van der Waals surface area contributed by atoms with Gasteiger partial charge in [-0.1, -0.05) is 30.3 Å². The van der Waals surface area contributed by atoms with Crippen molar-refractivity contribution in [1.29, 1.82) is 0 Å². The molecule has 1 aliphatic rings. The summed E-state index contributed by atoms with van der Waals surface area (Å²) in [6, 6.07) is 18.3. The normalized spacial score (nSPS) is 13.0. The number of halogens is 1. The van der Waals surface area contributed by atoms with E-state index in [2.05, 4.69) is 12.1 Å². The molecule has 0 heterocycles. The first kappa shape index (κ1) is 22.6. The predicted molar refractivity (Wildman–Crippen MR) is 127 cm³/mol. The topological polar surface area (TPSA) is 55.8 Å². The molecule has 0 radical (unpaired) electrons. The molecular formula is C28H27FO4. The van der Waals surface area contributed by atoms with E-state index in [0.717, 1.165) is 41.5 Å². The van der Waals surface area contributed by atoms with Crippen molar-refractivity contribution in [2.45, 2.75) is 38.7 Å². The molecule has 3 aromatic rings. The number of methoxy groups -OCH3 is 1. The minimum Gasteiger partial charge on any atom is -0.497 e. The van der Waals surface area contributed by atoms with Crippen molar-refractivity contribution >= 4 is 11.5 Å². The van der Waals surface area contributed by atoms with E-state index >= 15 is 0 Å². The third kappa shape index (κ3) is 5.61. The Hall–Kier alpha value is -3.60. The number of hydrogen-bond donors (Lipinski definition) is 1. The molecule has 0 aromatic heterocycles. The number of aliphatic carboxylic acids is 1. The summed E-state index contributed by atoms with van der Waals surface area (Å²) in [5.74, 6) is 0.218. The number of carboxylic acid groups (broad SMARTS) is 1. The van der Waals surface area contributed by atoms with E-state index in [9.17, 15) is 9.18 Å². The molecule has 1 aliphatic carbocycles. The van der Waals surface area contributed by atoms with Gasteiger partial charge in [-0.2, -0.15) is 0 Å². The molecule has 0 amide bonds. The van der Waals surface area contributed by atoms with Gasteiger partial charge in [0.2, 0.25) is 0 Å². The Labute approximate surface area is 193 Å². The first-order chi connectivity index (χ1) is 16.0. The van der Waals surface area contributed by atoms with Gasteiger partial charge in [0.25, 0.3) is 0 Å². The van der Waals surface area contributed by atoms with Crippen LogP contribution in [0.3, 0.4) is 0 Å². The van der Waals surface area contributed by atoms with Crippen LogP contribution in [0.1, 0.15) is 42.4 Å². The Kier molecular flexibility index (Phi) is 7.08. The summed E-state index contributed by atoms with van der Waals surface area (Å²) in [4.78, 5) is 10.8. The van der Waals surface area contributed by atoms with Crippen LogP contribution in [0.4, 0.5) is 4.39 Å². The Morgan fingerprint density at radius 3 is 2.61 bits per heavy atom. The third-order valence-electron chi connectivity index (χ3n) is 5.87. The molecule has 0 saturated heterocycles. The maximum Gasteiger partial charge on any atom is 0.303 e. The third-order valence-corrected chi connectivity index (χ3v) is 5.87. The summed E-state index contributed by atoms with van der Waals surface area (Å²) in [6.45, 7) is 0.365. The highest BCUT2D eigenvalue weighted by molar-refractivity contribution is 5.83. The fourth-order valence-corrected chi connectivity index (χ4v) is 4.14. The zero-order valence-electron chi connectivity index (χ0n) is 18.6. The van der Waals surface area contributed by atoms with E-state index in [1.165, 1.54) is 11.6 Å². The summed E-state index contributed by atoms with van der Waals surface area (Å²) >= 11 is 0. The molecule has 0 fully saturated rings. The van der Waals surface area contributed by atoms with Crippen LogP contribution in [0.25, 0.3) is 16.7 Å². The zero-order chi connectivity index (χ0) is 23.2. The predicted octanol–water partition coefficient (Wildman–Crippen LogP) is 6.66. The Balaban J connectivity index is 1.59. The standard InChI is InChI=1S/C28H27FO4/c1-32-22-11-13-27(29)26(17-22)24-12-9-20(16-25(24)21-6-2-3-7-21)18-33-23-8-4-5-19(15-23)10-14-28(30)31/h4-6,8-9,11-13,15-17H,2-3,7,10,14,18H2,1H3,(H,30,31). The molecule has 5 heteroatoms. The van der Waals surface area contributed by atoms with Gasteiger partial charge in [0.1, 0.15) is 23.9 Å². The molecule has 4 nitrogen and oxygen atoms in total. The van der Waals surface area contributed by atoms with E-state index in [-0.39, 0.29) is 12.2 Å². The van der Waals surface area contributed by atoms with E-state index in [0.29, 0.717) is 30.1 Å². The number of hydrogen-bond acceptors (Lipinski definition) is 3. The van der Waals surface area contributed by atoms with Gasteiger partial charge in [0.05, 0.1) is 7.11 Å². The van der Waals surface area contributed by atoms with E-state index < -0.39 is 5.97 Å². The highest BCUT2D eigenvalue weighted by Crippen LogP contribution is 2.38. The molecule has 0 spiro atoms. The van der Waals surface area contributed by atoms with Crippen molar-refractivity contribution < 1.29 is 23.8 Å². The minimum atomic E-state index is -0.817. The number of allylic oxidation sites excluding steroid dienone is 2. The van der Waals surface area contributed by atoms with Gasteiger partial charge in [0, 0.05) is 12.0 Å². The molecular weight excluding hydrogens is 419 g/mol. The highest BCUT2D eigenvalue weighted by atomic mass is 19.1. The fraction of sp³-hybridized carbons (Fsp3) is 0.250. The number of rotatable bonds is 9. The zero-order valence-corrected chi connectivity index (χ0v) is 18.6. The van der Waals surface area contributed by atoms with Crippen LogP contribution >= 0.6 is 0 Å². The summed E-state index contributed by atoms with van der Waals surface area (Å²) in [7, 11) is 1.58. The lowest BCUT2D eigenvalue weighted by Crippen LogP contribution is -2.00. The smallest absolute Gasteiger partial charge is 0.303 e. The van der Waals surface area contributed by atoms with Crippen molar-refractivity contribution in [2.75, 3.05) is 7.11 Å². The van der Waals surface area contributed by atoms with Gasteiger partial charge in [-0.05, 0) is 89.9 Å². The van der Waals surface area contributed by atoms with E-state index in [4.69, 9.17) is 14.6 Å². The average Bonchev–Trinajstić information content (AvgIpc) is 3.37.